The van der Waals surface area contributed by atoms with E-state index in [1.54, 1.807) is 0 Å². The molecule has 1 fully saturated rings. The Hall–Kier alpha value is -0.860. The molecule has 0 spiro atoms. The summed E-state index contributed by atoms with van der Waals surface area (Å²) in [5.74, 6) is 0. The van der Waals surface area contributed by atoms with Crippen molar-refractivity contribution in [2.75, 3.05) is 19.6 Å². The van der Waals surface area contributed by atoms with Gasteiger partial charge in [-0.2, -0.15) is 0 Å². The third-order valence-electron chi connectivity index (χ3n) is 4.56. The first-order valence-electron chi connectivity index (χ1n) is 8.49. The van der Waals surface area contributed by atoms with E-state index < -0.39 is 0 Å². The third-order valence-corrected chi connectivity index (χ3v) is 4.56. The first-order valence-corrected chi connectivity index (χ1v) is 8.49. The van der Waals surface area contributed by atoms with Crippen molar-refractivity contribution in [1.29, 1.82) is 0 Å². The van der Waals surface area contributed by atoms with Crippen LogP contribution < -0.4 is 5.32 Å². The lowest BCUT2D eigenvalue weighted by molar-refractivity contribution is 0.111. The van der Waals surface area contributed by atoms with E-state index in [1.165, 1.54) is 31.5 Å². The molecule has 1 aliphatic heterocycles. The van der Waals surface area contributed by atoms with Gasteiger partial charge in [0.1, 0.15) is 0 Å². The third kappa shape index (κ3) is 5.44. The molecule has 1 aromatic rings. The monoisotopic (exact) mass is 288 g/mol. The largest absolute Gasteiger partial charge is 0.311 e. The molecule has 2 nitrogen and oxygen atoms in total. The van der Waals surface area contributed by atoms with Crippen molar-refractivity contribution in [3.05, 3.63) is 35.9 Å². The zero-order chi connectivity index (χ0) is 15.3. The highest BCUT2D eigenvalue weighted by Gasteiger charge is 2.27. The normalized spacial score (nSPS) is 24.2. The van der Waals surface area contributed by atoms with Crippen LogP contribution in [0.15, 0.2) is 30.3 Å². The maximum atomic E-state index is 3.75. The van der Waals surface area contributed by atoms with Gasteiger partial charge in [0.05, 0.1) is 0 Å². The Kier molecular flexibility index (Phi) is 5.83. The molecule has 0 aromatic heterocycles. The Morgan fingerprint density at radius 1 is 1.19 bits per heavy atom. The lowest BCUT2D eigenvalue weighted by atomic mass is 9.91. The van der Waals surface area contributed by atoms with E-state index in [2.05, 4.69) is 68.2 Å². The van der Waals surface area contributed by atoms with E-state index in [-0.39, 0.29) is 0 Å². The fourth-order valence-electron chi connectivity index (χ4n) is 3.12. The van der Waals surface area contributed by atoms with Gasteiger partial charge in [0.25, 0.3) is 0 Å². The van der Waals surface area contributed by atoms with Gasteiger partial charge in [-0.3, -0.25) is 4.90 Å². The van der Waals surface area contributed by atoms with Crippen molar-refractivity contribution in [3.63, 3.8) is 0 Å². The molecular weight excluding hydrogens is 256 g/mol. The molecule has 0 radical (unpaired) electrons. The van der Waals surface area contributed by atoms with Gasteiger partial charge in [-0.25, -0.2) is 0 Å². The maximum absolute atomic E-state index is 3.75. The maximum Gasteiger partial charge on any atom is 0.0236 e. The zero-order valence-corrected chi connectivity index (χ0v) is 14.2. The molecule has 0 amide bonds. The number of nitrogens with one attached hydrogen (secondary N) is 1. The minimum Gasteiger partial charge on any atom is -0.311 e. The molecule has 1 heterocycles. The Balaban J connectivity index is 1.91. The smallest absolute Gasteiger partial charge is 0.0236 e. The van der Waals surface area contributed by atoms with Gasteiger partial charge < -0.3 is 5.32 Å². The van der Waals surface area contributed by atoms with Crippen LogP contribution in [0, 0.1) is 5.41 Å². The second-order valence-corrected chi connectivity index (χ2v) is 7.66. The van der Waals surface area contributed by atoms with Crippen molar-refractivity contribution < 1.29 is 0 Å². The number of rotatable bonds is 5. The van der Waals surface area contributed by atoms with Crippen LogP contribution in [0.1, 0.15) is 46.1 Å². The fourth-order valence-corrected chi connectivity index (χ4v) is 3.12. The standard InChI is InChI=1S/C19H32N2/c1-5-18-14-20-17(13-16-9-7-6-8-10-16)15-21(18)12-11-19(2,3)4/h6-10,17-18,20H,5,11-15H2,1-4H3. The van der Waals surface area contributed by atoms with Crippen LogP contribution in [0.3, 0.4) is 0 Å². The summed E-state index contributed by atoms with van der Waals surface area (Å²) < 4.78 is 0. The van der Waals surface area contributed by atoms with Gasteiger partial charge in [0, 0.05) is 25.2 Å². The molecule has 118 valence electrons. The van der Waals surface area contributed by atoms with Crippen LogP contribution in [0.5, 0.6) is 0 Å². The van der Waals surface area contributed by atoms with Crippen LogP contribution >= 0.6 is 0 Å². The highest BCUT2D eigenvalue weighted by atomic mass is 15.2. The Morgan fingerprint density at radius 2 is 1.90 bits per heavy atom. The first-order chi connectivity index (χ1) is 9.98. The van der Waals surface area contributed by atoms with Crippen LogP contribution in [-0.2, 0) is 6.42 Å². The minimum atomic E-state index is 0.429. The summed E-state index contributed by atoms with van der Waals surface area (Å²) in [5.41, 5.74) is 1.87. The average molecular weight is 288 g/mol. The van der Waals surface area contributed by atoms with Crippen molar-refractivity contribution in [2.24, 2.45) is 5.41 Å². The molecule has 2 unspecified atom stereocenters. The SMILES string of the molecule is CCC1CNC(Cc2ccccc2)CN1CCC(C)(C)C. The van der Waals surface area contributed by atoms with E-state index in [1.807, 2.05) is 0 Å². The lowest BCUT2D eigenvalue weighted by Crippen LogP contribution is -2.57. The van der Waals surface area contributed by atoms with Gasteiger partial charge in [0.2, 0.25) is 0 Å². The highest BCUT2D eigenvalue weighted by Crippen LogP contribution is 2.21. The predicted octanol–water partition coefficient (Wildman–Crippen LogP) is 3.72. The van der Waals surface area contributed by atoms with E-state index in [0.717, 1.165) is 13.0 Å². The summed E-state index contributed by atoms with van der Waals surface area (Å²) in [7, 11) is 0. The van der Waals surface area contributed by atoms with E-state index >= 15 is 0 Å². The molecule has 1 aliphatic rings. The summed E-state index contributed by atoms with van der Waals surface area (Å²) in [6.45, 7) is 12.9. The average Bonchev–Trinajstić information content (AvgIpc) is 2.46. The second kappa shape index (κ2) is 7.42. The molecular formula is C19H32N2. The molecule has 1 aromatic carbocycles. The summed E-state index contributed by atoms with van der Waals surface area (Å²) in [5, 5.41) is 3.75. The van der Waals surface area contributed by atoms with Crippen molar-refractivity contribution in [3.8, 4) is 0 Å². The van der Waals surface area contributed by atoms with Gasteiger partial charge in [0.15, 0.2) is 0 Å². The van der Waals surface area contributed by atoms with Crippen LogP contribution in [-0.4, -0.2) is 36.6 Å². The first kappa shape index (κ1) is 16.5. The molecule has 0 bridgehead atoms. The van der Waals surface area contributed by atoms with Crippen molar-refractivity contribution >= 4 is 0 Å². The molecule has 2 heteroatoms. The molecule has 1 saturated heterocycles. The molecule has 1 N–H and O–H groups in total. The molecule has 0 saturated carbocycles. The molecule has 2 rings (SSSR count). The van der Waals surface area contributed by atoms with Crippen LogP contribution in [0.25, 0.3) is 0 Å². The van der Waals surface area contributed by atoms with Crippen molar-refractivity contribution in [2.45, 2.75) is 59.0 Å². The number of nitrogens with zero attached hydrogens (tertiary/aromatic N) is 1. The molecule has 2 atom stereocenters. The van der Waals surface area contributed by atoms with Gasteiger partial charge in [-0.1, -0.05) is 58.0 Å². The van der Waals surface area contributed by atoms with Crippen LogP contribution in [0.2, 0.25) is 0 Å². The van der Waals surface area contributed by atoms with E-state index in [0.29, 0.717) is 17.5 Å². The summed E-state index contributed by atoms with van der Waals surface area (Å²) >= 11 is 0. The minimum absolute atomic E-state index is 0.429. The fraction of sp³-hybridized carbons (Fsp3) is 0.684. The Bertz CT molecular complexity index is 407. The number of hydrogen-bond donors (Lipinski definition) is 1. The lowest BCUT2D eigenvalue weighted by Gasteiger charge is -2.41. The number of piperazine rings is 1. The zero-order valence-electron chi connectivity index (χ0n) is 14.2. The van der Waals surface area contributed by atoms with Crippen molar-refractivity contribution in [1.82, 2.24) is 10.2 Å². The number of hydrogen-bond acceptors (Lipinski definition) is 2. The molecule has 21 heavy (non-hydrogen) atoms. The summed E-state index contributed by atoms with van der Waals surface area (Å²) in [6, 6.07) is 12.2. The summed E-state index contributed by atoms with van der Waals surface area (Å²) in [6.07, 6.45) is 3.67. The second-order valence-electron chi connectivity index (χ2n) is 7.66. The van der Waals surface area contributed by atoms with E-state index in [9.17, 15) is 0 Å². The van der Waals surface area contributed by atoms with Crippen LogP contribution in [0.4, 0.5) is 0 Å². The van der Waals surface area contributed by atoms with Gasteiger partial charge in [-0.05, 0) is 36.8 Å². The quantitative estimate of drug-likeness (QED) is 0.888. The summed E-state index contributed by atoms with van der Waals surface area (Å²) in [4.78, 5) is 2.72. The number of benzene rings is 1. The van der Waals surface area contributed by atoms with E-state index in [4.69, 9.17) is 0 Å². The predicted molar refractivity (Wildman–Crippen MR) is 91.7 cm³/mol. The van der Waals surface area contributed by atoms with Gasteiger partial charge >= 0.3 is 0 Å². The Labute approximate surface area is 130 Å². The van der Waals surface area contributed by atoms with Gasteiger partial charge in [-0.15, -0.1) is 0 Å². The molecule has 0 aliphatic carbocycles. The topological polar surface area (TPSA) is 15.3 Å². The Morgan fingerprint density at radius 3 is 2.52 bits per heavy atom. The highest BCUT2D eigenvalue weighted by molar-refractivity contribution is 5.16.